The minimum Gasteiger partial charge on any atom is -0.314 e. The van der Waals surface area contributed by atoms with Crippen LogP contribution < -0.4 is 5.32 Å². The highest BCUT2D eigenvalue weighted by atomic mass is 32.2. The Kier molecular flexibility index (Phi) is 5.84. The van der Waals surface area contributed by atoms with Crippen molar-refractivity contribution >= 4 is 10.0 Å². The Hall–Kier alpha value is -0.170. The molecule has 0 aromatic carbocycles. The molecule has 6 heteroatoms. The molecule has 1 heterocycles. The van der Waals surface area contributed by atoms with E-state index in [2.05, 4.69) is 17.3 Å². The van der Waals surface area contributed by atoms with Gasteiger partial charge >= 0.3 is 0 Å². The number of nitrogens with one attached hydrogen (secondary N) is 1. The van der Waals surface area contributed by atoms with Crippen LogP contribution in [0.25, 0.3) is 0 Å². The molecular formula is C14H29N3O2S. The number of unbranched alkanes of at least 4 members (excludes halogenated alkanes) is 1. The molecule has 0 amide bonds. The van der Waals surface area contributed by atoms with E-state index in [1.165, 1.54) is 12.8 Å². The topological polar surface area (TPSA) is 52.7 Å². The van der Waals surface area contributed by atoms with Crippen molar-refractivity contribution in [2.75, 3.05) is 39.5 Å². The third-order valence-electron chi connectivity index (χ3n) is 4.39. The lowest BCUT2D eigenvalue weighted by molar-refractivity contribution is 0.187. The summed E-state index contributed by atoms with van der Waals surface area (Å²) in [6.07, 6.45) is 6.37. The first kappa shape index (κ1) is 16.2. The van der Waals surface area contributed by atoms with Crippen LogP contribution in [0.1, 0.15) is 38.5 Å². The molecule has 1 N–H and O–H groups in total. The van der Waals surface area contributed by atoms with Gasteiger partial charge in [-0.2, -0.15) is 0 Å². The molecule has 1 saturated heterocycles. The molecule has 2 fully saturated rings. The monoisotopic (exact) mass is 303 g/mol. The van der Waals surface area contributed by atoms with Gasteiger partial charge in [-0.1, -0.05) is 0 Å². The van der Waals surface area contributed by atoms with E-state index < -0.39 is 10.0 Å². The standard InChI is InChI=1S/C14H29N3O2S/c1-16-10-5-6-14(12-16)17(2)20(18,19)11-4-3-9-15-13-7-8-13/h13-15H,3-12H2,1-2H3. The quantitative estimate of drug-likeness (QED) is 0.676. The maximum Gasteiger partial charge on any atom is 0.214 e. The molecule has 1 aliphatic carbocycles. The summed E-state index contributed by atoms with van der Waals surface area (Å²) in [5.74, 6) is 0.288. The molecule has 5 nitrogen and oxygen atoms in total. The maximum absolute atomic E-state index is 12.3. The van der Waals surface area contributed by atoms with Gasteiger partial charge in [-0.25, -0.2) is 12.7 Å². The Labute approximate surface area is 123 Å². The van der Waals surface area contributed by atoms with Crippen molar-refractivity contribution in [2.24, 2.45) is 0 Å². The summed E-state index contributed by atoms with van der Waals surface area (Å²) in [4.78, 5) is 2.22. The number of sulfonamides is 1. The van der Waals surface area contributed by atoms with Crippen molar-refractivity contribution in [1.82, 2.24) is 14.5 Å². The van der Waals surface area contributed by atoms with Gasteiger partial charge in [0.2, 0.25) is 10.0 Å². The fourth-order valence-corrected chi connectivity index (χ4v) is 4.29. The fraction of sp³-hybridized carbons (Fsp3) is 1.00. The Morgan fingerprint density at radius 1 is 1.25 bits per heavy atom. The lowest BCUT2D eigenvalue weighted by atomic mass is 10.1. The van der Waals surface area contributed by atoms with Crippen molar-refractivity contribution in [2.45, 2.75) is 50.6 Å². The molecule has 1 saturated carbocycles. The highest BCUT2D eigenvalue weighted by molar-refractivity contribution is 7.89. The number of piperidine rings is 1. The van der Waals surface area contributed by atoms with E-state index in [1.807, 2.05) is 0 Å². The highest BCUT2D eigenvalue weighted by Crippen LogP contribution is 2.19. The predicted molar refractivity (Wildman–Crippen MR) is 82.3 cm³/mol. The fourth-order valence-electron chi connectivity index (χ4n) is 2.81. The normalized spacial score (nSPS) is 25.2. The maximum atomic E-state index is 12.3. The van der Waals surface area contributed by atoms with Crippen LogP contribution in [0, 0.1) is 0 Å². The number of rotatable bonds is 8. The van der Waals surface area contributed by atoms with E-state index in [4.69, 9.17) is 0 Å². The van der Waals surface area contributed by atoms with Crippen molar-refractivity contribution in [3.8, 4) is 0 Å². The number of hydrogen-bond acceptors (Lipinski definition) is 4. The summed E-state index contributed by atoms with van der Waals surface area (Å²) in [6, 6.07) is 0.871. The van der Waals surface area contributed by atoms with Crippen LogP contribution in [0.15, 0.2) is 0 Å². The highest BCUT2D eigenvalue weighted by Gasteiger charge is 2.28. The molecule has 0 bridgehead atoms. The summed E-state index contributed by atoms with van der Waals surface area (Å²) >= 11 is 0. The van der Waals surface area contributed by atoms with Gasteiger partial charge in [0.05, 0.1) is 5.75 Å². The average Bonchev–Trinajstić information content (AvgIpc) is 3.21. The van der Waals surface area contributed by atoms with Gasteiger partial charge in [0.25, 0.3) is 0 Å². The summed E-state index contributed by atoms with van der Waals surface area (Å²) in [7, 11) is 0.728. The summed E-state index contributed by atoms with van der Waals surface area (Å²) < 4.78 is 26.3. The Balaban J connectivity index is 1.70. The number of nitrogens with zero attached hydrogens (tertiary/aromatic N) is 2. The van der Waals surface area contributed by atoms with Crippen molar-refractivity contribution in [3.63, 3.8) is 0 Å². The first-order chi connectivity index (χ1) is 9.49. The van der Waals surface area contributed by atoms with Gasteiger partial charge in [-0.05, 0) is 58.7 Å². The third kappa shape index (κ3) is 4.98. The van der Waals surface area contributed by atoms with Crippen LogP contribution in [-0.4, -0.2) is 69.2 Å². The first-order valence-corrected chi connectivity index (χ1v) is 9.47. The van der Waals surface area contributed by atoms with E-state index in [1.54, 1.807) is 11.4 Å². The Bertz CT molecular complexity index is 395. The molecule has 0 spiro atoms. The molecule has 1 aliphatic heterocycles. The minimum atomic E-state index is -3.09. The van der Waals surface area contributed by atoms with Crippen molar-refractivity contribution in [1.29, 1.82) is 0 Å². The third-order valence-corrected chi connectivity index (χ3v) is 6.37. The molecule has 0 aromatic heterocycles. The SMILES string of the molecule is CN1CCCC(N(C)S(=O)(=O)CCCCNC2CC2)C1. The summed E-state index contributed by atoms with van der Waals surface area (Å²) in [5.41, 5.74) is 0. The molecule has 2 aliphatic rings. The first-order valence-electron chi connectivity index (χ1n) is 7.86. The second-order valence-electron chi connectivity index (χ2n) is 6.33. The van der Waals surface area contributed by atoms with Crippen LogP contribution in [0.2, 0.25) is 0 Å². The molecule has 0 aromatic rings. The smallest absolute Gasteiger partial charge is 0.214 e. The van der Waals surface area contributed by atoms with Crippen LogP contribution in [0.5, 0.6) is 0 Å². The zero-order valence-electron chi connectivity index (χ0n) is 12.8. The van der Waals surface area contributed by atoms with Gasteiger partial charge in [0.15, 0.2) is 0 Å². The predicted octanol–water partition coefficient (Wildman–Crippen LogP) is 0.874. The van der Waals surface area contributed by atoms with E-state index in [0.29, 0.717) is 6.04 Å². The molecule has 2 rings (SSSR count). The van der Waals surface area contributed by atoms with E-state index in [9.17, 15) is 8.42 Å². The molecule has 20 heavy (non-hydrogen) atoms. The summed E-state index contributed by atoms with van der Waals surface area (Å²) in [5, 5.41) is 3.43. The molecule has 1 unspecified atom stereocenters. The van der Waals surface area contributed by atoms with Gasteiger partial charge < -0.3 is 10.2 Å². The van der Waals surface area contributed by atoms with Gasteiger partial charge in [0.1, 0.15) is 0 Å². The van der Waals surface area contributed by atoms with Gasteiger partial charge in [0, 0.05) is 25.7 Å². The van der Waals surface area contributed by atoms with Crippen LogP contribution in [0.4, 0.5) is 0 Å². The van der Waals surface area contributed by atoms with Crippen LogP contribution in [-0.2, 0) is 10.0 Å². The lowest BCUT2D eigenvalue weighted by Gasteiger charge is -2.35. The minimum absolute atomic E-state index is 0.156. The second kappa shape index (κ2) is 7.20. The second-order valence-corrected chi connectivity index (χ2v) is 8.47. The lowest BCUT2D eigenvalue weighted by Crippen LogP contribution is -2.47. The van der Waals surface area contributed by atoms with Gasteiger partial charge in [-0.3, -0.25) is 0 Å². The molecular weight excluding hydrogens is 274 g/mol. The average molecular weight is 303 g/mol. The largest absolute Gasteiger partial charge is 0.314 e. The molecule has 118 valence electrons. The van der Waals surface area contributed by atoms with Crippen LogP contribution >= 0.6 is 0 Å². The Morgan fingerprint density at radius 2 is 2.00 bits per heavy atom. The number of hydrogen-bond donors (Lipinski definition) is 1. The zero-order chi connectivity index (χ0) is 14.6. The zero-order valence-corrected chi connectivity index (χ0v) is 13.7. The summed E-state index contributed by atoms with van der Waals surface area (Å²) in [6.45, 7) is 2.90. The Morgan fingerprint density at radius 3 is 2.65 bits per heavy atom. The van der Waals surface area contributed by atoms with E-state index >= 15 is 0 Å². The molecule has 1 atom stereocenters. The number of likely N-dealkylation sites (tertiary alicyclic amines) is 1. The van der Waals surface area contributed by atoms with Gasteiger partial charge in [-0.15, -0.1) is 0 Å². The van der Waals surface area contributed by atoms with E-state index in [0.717, 1.165) is 45.3 Å². The van der Waals surface area contributed by atoms with Crippen molar-refractivity contribution < 1.29 is 8.42 Å². The van der Waals surface area contributed by atoms with E-state index in [-0.39, 0.29) is 11.8 Å². The number of likely N-dealkylation sites (N-methyl/N-ethyl adjacent to an activating group) is 2. The van der Waals surface area contributed by atoms with Crippen molar-refractivity contribution in [3.05, 3.63) is 0 Å². The molecule has 0 radical (unpaired) electrons. The van der Waals surface area contributed by atoms with Crippen LogP contribution in [0.3, 0.4) is 0 Å².